The van der Waals surface area contributed by atoms with Crippen LogP contribution in [0.4, 0.5) is 4.79 Å². The summed E-state index contributed by atoms with van der Waals surface area (Å²) >= 11 is 0. The zero-order valence-electron chi connectivity index (χ0n) is 10.5. The molecule has 1 atom stereocenters. The Bertz CT molecular complexity index is 302. The predicted octanol–water partition coefficient (Wildman–Crippen LogP) is 2.34. The summed E-state index contributed by atoms with van der Waals surface area (Å²) in [7, 11) is 0. The molecular formula is C13H21NO3. The van der Waals surface area contributed by atoms with Gasteiger partial charge in [-0.25, -0.2) is 4.79 Å². The fourth-order valence-corrected chi connectivity index (χ4v) is 2.36. The third kappa shape index (κ3) is 2.63. The summed E-state index contributed by atoms with van der Waals surface area (Å²) in [6.07, 6.45) is 3.87. The van der Waals surface area contributed by atoms with Crippen LogP contribution in [0.5, 0.6) is 0 Å². The smallest absolute Gasteiger partial charge is 0.410 e. The Labute approximate surface area is 103 Å². The Morgan fingerprint density at radius 3 is 2.59 bits per heavy atom. The molecule has 2 aliphatic heterocycles. The number of carbonyl (C=O) groups excluding carboxylic acids is 1. The van der Waals surface area contributed by atoms with Gasteiger partial charge in [-0.15, -0.1) is 0 Å². The molecule has 0 aromatic carbocycles. The van der Waals surface area contributed by atoms with Gasteiger partial charge in [-0.2, -0.15) is 0 Å². The SMILES string of the molecule is C=C(C)C1(OC(=O)N2CCCCC2)CCOC1. The van der Waals surface area contributed by atoms with E-state index in [0.717, 1.165) is 37.9 Å². The summed E-state index contributed by atoms with van der Waals surface area (Å²) in [6.45, 7) is 8.54. The van der Waals surface area contributed by atoms with Crippen LogP contribution in [0.1, 0.15) is 32.6 Å². The molecule has 2 heterocycles. The minimum absolute atomic E-state index is 0.210. The minimum atomic E-state index is -0.589. The van der Waals surface area contributed by atoms with E-state index in [9.17, 15) is 4.79 Å². The van der Waals surface area contributed by atoms with Crippen LogP contribution in [0.3, 0.4) is 0 Å². The van der Waals surface area contributed by atoms with Crippen molar-refractivity contribution in [3.8, 4) is 0 Å². The minimum Gasteiger partial charge on any atom is -0.436 e. The lowest BCUT2D eigenvalue weighted by atomic mass is 9.95. The monoisotopic (exact) mass is 239 g/mol. The lowest BCUT2D eigenvalue weighted by molar-refractivity contribution is 0.00439. The fraction of sp³-hybridized carbons (Fsp3) is 0.769. The van der Waals surface area contributed by atoms with Crippen molar-refractivity contribution in [2.24, 2.45) is 0 Å². The summed E-state index contributed by atoms with van der Waals surface area (Å²) in [4.78, 5) is 13.9. The summed E-state index contributed by atoms with van der Waals surface area (Å²) in [5.41, 5.74) is 0.287. The van der Waals surface area contributed by atoms with Crippen molar-refractivity contribution >= 4 is 6.09 Å². The third-order valence-electron chi connectivity index (χ3n) is 3.66. The number of carbonyl (C=O) groups is 1. The van der Waals surface area contributed by atoms with Gasteiger partial charge in [-0.1, -0.05) is 6.58 Å². The van der Waals surface area contributed by atoms with Crippen LogP contribution in [-0.4, -0.2) is 42.9 Å². The number of hydrogen-bond donors (Lipinski definition) is 0. The number of rotatable bonds is 2. The summed E-state index contributed by atoms with van der Waals surface area (Å²) in [5.74, 6) is 0. The Morgan fingerprint density at radius 1 is 1.35 bits per heavy atom. The van der Waals surface area contributed by atoms with Gasteiger partial charge in [0.2, 0.25) is 0 Å². The molecule has 0 aliphatic carbocycles. The Morgan fingerprint density at radius 2 is 2.06 bits per heavy atom. The molecule has 4 heteroatoms. The van der Waals surface area contributed by atoms with Crippen LogP contribution < -0.4 is 0 Å². The van der Waals surface area contributed by atoms with E-state index in [-0.39, 0.29) is 6.09 Å². The van der Waals surface area contributed by atoms with Gasteiger partial charge in [0.05, 0.1) is 13.2 Å². The Kier molecular flexibility index (Phi) is 3.72. The zero-order valence-corrected chi connectivity index (χ0v) is 10.5. The molecule has 0 spiro atoms. The highest BCUT2D eigenvalue weighted by molar-refractivity contribution is 5.68. The van der Waals surface area contributed by atoms with Gasteiger partial charge in [0.15, 0.2) is 5.60 Å². The van der Waals surface area contributed by atoms with Crippen molar-refractivity contribution in [2.45, 2.75) is 38.2 Å². The molecule has 0 N–H and O–H groups in total. The number of nitrogens with zero attached hydrogens (tertiary/aromatic N) is 1. The highest BCUT2D eigenvalue weighted by Gasteiger charge is 2.40. The van der Waals surface area contributed by atoms with Gasteiger partial charge < -0.3 is 14.4 Å². The van der Waals surface area contributed by atoms with Crippen molar-refractivity contribution in [3.63, 3.8) is 0 Å². The second kappa shape index (κ2) is 5.08. The van der Waals surface area contributed by atoms with E-state index in [1.165, 1.54) is 6.42 Å². The van der Waals surface area contributed by atoms with Gasteiger partial charge in [0, 0.05) is 19.5 Å². The zero-order chi connectivity index (χ0) is 12.3. The standard InChI is InChI=1S/C13H21NO3/c1-11(2)13(6-9-16-10-13)17-12(15)14-7-4-3-5-8-14/h1,3-10H2,2H3. The maximum atomic E-state index is 12.1. The van der Waals surface area contributed by atoms with E-state index in [1.807, 2.05) is 6.92 Å². The highest BCUT2D eigenvalue weighted by Crippen LogP contribution is 2.31. The second-order valence-electron chi connectivity index (χ2n) is 4.99. The quantitative estimate of drug-likeness (QED) is 0.694. The van der Waals surface area contributed by atoms with Gasteiger partial charge in [-0.3, -0.25) is 0 Å². The number of hydrogen-bond acceptors (Lipinski definition) is 3. The van der Waals surface area contributed by atoms with Crippen molar-refractivity contribution < 1.29 is 14.3 Å². The lowest BCUT2D eigenvalue weighted by Crippen LogP contribution is -2.44. The topological polar surface area (TPSA) is 38.8 Å². The van der Waals surface area contributed by atoms with E-state index in [1.54, 1.807) is 4.90 Å². The van der Waals surface area contributed by atoms with Crippen LogP contribution in [0.15, 0.2) is 12.2 Å². The van der Waals surface area contributed by atoms with Crippen molar-refractivity contribution in [1.29, 1.82) is 0 Å². The van der Waals surface area contributed by atoms with Crippen LogP contribution in [0.25, 0.3) is 0 Å². The molecule has 2 fully saturated rings. The van der Waals surface area contributed by atoms with Gasteiger partial charge in [0.1, 0.15) is 0 Å². The molecule has 4 nitrogen and oxygen atoms in total. The molecule has 1 amide bonds. The summed E-state index contributed by atoms with van der Waals surface area (Å²) in [5, 5.41) is 0. The Balaban J connectivity index is 1.98. The van der Waals surface area contributed by atoms with Crippen molar-refractivity contribution in [3.05, 3.63) is 12.2 Å². The van der Waals surface area contributed by atoms with E-state index in [0.29, 0.717) is 13.2 Å². The van der Waals surface area contributed by atoms with Crippen molar-refractivity contribution in [1.82, 2.24) is 4.90 Å². The second-order valence-corrected chi connectivity index (χ2v) is 4.99. The number of piperidine rings is 1. The molecule has 2 saturated heterocycles. The first kappa shape index (κ1) is 12.4. The molecule has 0 aromatic rings. The first-order valence-corrected chi connectivity index (χ1v) is 6.36. The number of amides is 1. The van der Waals surface area contributed by atoms with Crippen LogP contribution in [0, 0.1) is 0 Å². The molecular weight excluding hydrogens is 218 g/mol. The van der Waals surface area contributed by atoms with Crippen LogP contribution >= 0.6 is 0 Å². The van der Waals surface area contributed by atoms with Crippen LogP contribution in [0.2, 0.25) is 0 Å². The average molecular weight is 239 g/mol. The van der Waals surface area contributed by atoms with Crippen LogP contribution in [-0.2, 0) is 9.47 Å². The first-order valence-electron chi connectivity index (χ1n) is 6.36. The molecule has 2 aliphatic rings. The predicted molar refractivity (Wildman–Crippen MR) is 64.9 cm³/mol. The molecule has 0 bridgehead atoms. The highest BCUT2D eigenvalue weighted by atomic mass is 16.6. The summed E-state index contributed by atoms with van der Waals surface area (Å²) < 4.78 is 11.0. The Hall–Kier alpha value is -1.03. The van der Waals surface area contributed by atoms with Crippen molar-refractivity contribution in [2.75, 3.05) is 26.3 Å². The number of likely N-dealkylation sites (tertiary alicyclic amines) is 1. The lowest BCUT2D eigenvalue weighted by Gasteiger charge is -2.33. The molecule has 96 valence electrons. The van der Waals surface area contributed by atoms with E-state index in [2.05, 4.69) is 6.58 Å². The molecule has 17 heavy (non-hydrogen) atoms. The largest absolute Gasteiger partial charge is 0.436 e. The van der Waals surface area contributed by atoms with Gasteiger partial charge in [0.25, 0.3) is 0 Å². The molecule has 2 rings (SSSR count). The molecule has 0 radical (unpaired) electrons. The molecule has 0 aromatic heterocycles. The molecule has 0 saturated carbocycles. The summed E-state index contributed by atoms with van der Waals surface area (Å²) in [6, 6.07) is 0. The third-order valence-corrected chi connectivity index (χ3v) is 3.66. The normalized spacial score (nSPS) is 29.1. The van der Waals surface area contributed by atoms with E-state index >= 15 is 0 Å². The average Bonchev–Trinajstić information content (AvgIpc) is 2.80. The van der Waals surface area contributed by atoms with Gasteiger partial charge >= 0.3 is 6.09 Å². The number of ether oxygens (including phenoxy) is 2. The molecule has 1 unspecified atom stereocenters. The van der Waals surface area contributed by atoms with E-state index in [4.69, 9.17) is 9.47 Å². The maximum Gasteiger partial charge on any atom is 0.410 e. The fourth-order valence-electron chi connectivity index (χ4n) is 2.36. The van der Waals surface area contributed by atoms with E-state index < -0.39 is 5.60 Å². The first-order chi connectivity index (χ1) is 8.14. The maximum absolute atomic E-state index is 12.1. The van der Waals surface area contributed by atoms with Gasteiger partial charge in [-0.05, 0) is 31.8 Å².